The van der Waals surface area contributed by atoms with E-state index in [-0.39, 0.29) is 9.90 Å². The number of nitrogens with one attached hydrogen (secondary N) is 1. The maximum atomic E-state index is 13.5. The minimum atomic E-state index is -4.64. The maximum Gasteiger partial charge on any atom is 0.419 e. The molecule has 1 atom stereocenters. The zero-order chi connectivity index (χ0) is 25.4. The van der Waals surface area contributed by atoms with Gasteiger partial charge in [-0.15, -0.1) is 11.3 Å². The van der Waals surface area contributed by atoms with Crippen LogP contribution in [0.2, 0.25) is 10.0 Å². The highest BCUT2D eigenvalue weighted by atomic mass is 35.5. The molecule has 4 rings (SSSR count). The smallest absolute Gasteiger partial charge is 0.419 e. The molecule has 3 aromatic rings. The van der Waals surface area contributed by atoms with Gasteiger partial charge >= 0.3 is 6.18 Å². The predicted molar refractivity (Wildman–Crippen MR) is 134 cm³/mol. The van der Waals surface area contributed by atoms with Crippen molar-refractivity contribution < 1.29 is 26.3 Å². The van der Waals surface area contributed by atoms with E-state index < -0.39 is 33.6 Å². The number of alkyl halides is 3. The minimum absolute atomic E-state index is 0.0137. The van der Waals surface area contributed by atoms with Gasteiger partial charge < -0.3 is 9.64 Å². The van der Waals surface area contributed by atoms with E-state index in [1.165, 1.54) is 17.8 Å². The molecule has 1 aromatic heterocycles. The van der Waals surface area contributed by atoms with Crippen molar-refractivity contribution in [3.8, 4) is 5.75 Å². The quantitative estimate of drug-likeness (QED) is 0.321. The van der Waals surface area contributed by atoms with Crippen molar-refractivity contribution in [1.82, 2.24) is 4.90 Å². The lowest BCUT2D eigenvalue weighted by atomic mass is 10.1. The number of hydrogen-bond acceptors (Lipinski definition) is 6. The fourth-order valence-electron chi connectivity index (χ4n) is 3.45. The number of rotatable bonds is 7. The van der Waals surface area contributed by atoms with Crippen LogP contribution in [0.25, 0.3) is 0 Å². The normalized spacial score (nSPS) is 17.0. The number of ether oxygens (including phenoxy) is 1. The Morgan fingerprint density at radius 1 is 1.11 bits per heavy atom. The third kappa shape index (κ3) is 6.58. The topological polar surface area (TPSA) is 58.6 Å². The van der Waals surface area contributed by atoms with Gasteiger partial charge in [-0.3, -0.25) is 4.72 Å². The van der Waals surface area contributed by atoms with Crippen LogP contribution in [0.15, 0.2) is 61.8 Å². The number of halogens is 5. The van der Waals surface area contributed by atoms with Gasteiger partial charge in [0.15, 0.2) is 0 Å². The second-order valence-electron chi connectivity index (χ2n) is 7.86. The predicted octanol–water partition coefficient (Wildman–Crippen LogP) is 7.11. The summed E-state index contributed by atoms with van der Waals surface area (Å²) in [4.78, 5) is 2.73. The summed E-state index contributed by atoms with van der Waals surface area (Å²) in [7, 11) is -2.18. The number of thiophene rings is 1. The molecular formula is C22H19Cl2F3N2O3S3. The molecule has 13 heteroatoms. The Balaban J connectivity index is 1.53. The summed E-state index contributed by atoms with van der Waals surface area (Å²) < 4.78 is 75.1. The van der Waals surface area contributed by atoms with E-state index in [1.54, 1.807) is 24.3 Å². The number of anilines is 1. The Kier molecular flexibility index (Phi) is 7.85. The van der Waals surface area contributed by atoms with Crippen LogP contribution < -0.4 is 9.46 Å². The Morgan fingerprint density at radius 2 is 1.89 bits per heavy atom. The molecule has 1 aliphatic heterocycles. The van der Waals surface area contributed by atoms with Gasteiger partial charge in [-0.25, -0.2) is 8.42 Å². The van der Waals surface area contributed by atoms with Gasteiger partial charge in [-0.05, 0) is 55.9 Å². The first-order valence-corrected chi connectivity index (χ1v) is 14.1. The second kappa shape index (κ2) is 10.4. The fraction of sp³-hybridized carbons (Fsp3) is 0.273. The summed E-state index contributed by atoms with van der Waals surface area (Å²) in [6, 6.07) is 11.1. The molecule has 2 aromatic carbocycles. The van der Waals surface area contributed by atoms with Crippen LogP contribution in [-0.2, 0) is 16.2 Å². The lowest BCUT2D eigenvalue weighted by Gasteiger charge is -2.19. The number of hydrogen-bond donors (Lipinski definition) is 1. The van der Waals surface area contributed by atoms with Gasteiger partial charge in [0.25, 0.3) is 10.0 Å². The van der Waals surface area contributed by atoms with Crippen molar-refractivity contribution in [1.29, 1.82) is 0 Å². The lowest BCUT2D eigenvalue weighted by Crippen LogP contribution is -2.23. The van der Waals surface area contributed by atoms with Gasteiger partial charge in [0.05, 0.1) is 25.5 Å². The number of nitrogens with zero attached hydrogens (tertiary/aromatic N) is 1. The van der Waals surface area contributed by atoms with Crippen molar-refractivity contribution in [3.63, 3.8) is 0 Å². The van der Waals surface area contributed by atoms with E-state index in [0.29, 0.717) is 33.8 Å². The van der Waals surface area contributed by atoms with E-state index in [9.17, 15) is 21.6 Å². The summed E-state index contributed by atoms with van der Waals surface area (Å²) in [6.45, 7) is 1.20. The highest BCUT2D eigenvalue weighted by Gasteiger charge is 2.36. The molecule has 0 spiro atoms. The second-order valence-corrected chi connectivity index (χ2v) is 13.0. The summed E-state index contributed by atoms with van der Waals surface area (Å²) >= 11 is 14.3. The molecule has 1 N–H and O–H groups in total. The van der Waals surface area contributed by atoms with Crippen LogP contribution in [-0.4, -0.2) is 39.6 Å². The van der Waals surface area contributed by atoms with Crippen LogP contribution in [0.1, 0.15) is 12.0 Å². The monoisotopic (exact) mass is 582 g/mol. The number of likely N-dealkylation sites (tertiary alicyclic amines) is 1. The van der Waals surface area contributed by atoms with Gasteiger partial charge in [-0.1, -0.05) is 35.0 Å². The van der Waals surface area contributed by atoms with E-state index in [0.717, 1.165) is 34.4 Å². The summed E-state index contributed by atoms with van der Waals surface area (Å²) in [6.07, 6.45) is -4.47. The first-order valence-electron chi connectivity index (χ1n) is 10.2. The molecule has 2 heterocycles. The van der Waals surface area contributed by atoms with Crippen molar-refractivity contribution in [2.45, 2.75) is 32.0 Å². The SMILES string of the molecule is CN1CCC(Oc2cc(NS(=O)(=O)c3ccc(Sc4ccc(Cl)c(Cl)c4)s3)ccc2C(F)(F)F)C1. The zero-order valence-electron chi connectivity index (χ0n) is 18.1. The van der Waals surface area contributed by atoms with E-state index in [4.69, 9.17) is 27.9 Å². The first kappa shape index (κ1) is 26.4. The average molecular weight is 584 g/mol. The van der Waals surface area contributed by atoms with Crippen molar-refractivity contribution in [3.05, 3.63) is 64.1 Å². The Hall–Kier alpha value is -1.63. The van der Waals surface area contributed by atoms with Crippen LogP contribution in [0, 0.1) is 0 Å². The molecule has 5 nitrogen and oxygen atoms in total. The standard InChI is InChI=1S/C22H19Cl2F3N2O3S3/c1-29-9-8-14(12-29)32-19-10-13(2-4-16(19)22(25,26)27)28-35(30,31)21-7-6-20(34-21)33-15-3-5-17(23)18(24)11-15/h2-7,10-11,14,28H,8-9,12H2,1H3. The molecule has 188 valence electrons. The van der Waals surface area contributed by atoms with Gasteiger partial charge in [0, 0.05) is 24.1 Å². The Morgan fingerprint density at radius 3 is 2.54 bits per heavy atom. The van der Waals surface area contributed by atoms with Crippen LogP contribution in [0.5, 0.6) is 5.75 Å². The molecule has 0 bridgehead atoms. The molecule has 1 fully saturated rings. The Labute approximate surface area is 219 Å². The van der Waals surface area contributed by atoms with E-state index in [2.05, 4.69) is 4.72 Å². The van der Waals surface area contributed by atoms with Crippen LogP contribution in [0.3, 0.4) is 0 Å². The molecular weight excluding hydrogens is 564 g/mol. The van der Waals surface area contributed by atoms with E-state index in [1.807, 2.05) is 11.9 Å². The highest BCUT2D eigenvalue weighted by molar-refractivity contribution is 8.02. The van der Waals surface area contributed by atoms with Crippen LogP contribution in [0.4, 0.5) is 18.9 Å². The number of benzene rings is 2. The average Bonchev–Trinajstić information content (AvgIpc) is 3.39. The molecule has 0 aliphatic carbocycles. The minimum Gasteiger partial charge on any atom is -0.488 e. The van der Waals surface area contributed by atoms with Crippen molar-refractivity contribution in [2.75, 3.05) is 24.9 Å². The van der Waals surface area contributed by atoms with Crippen molar-refractivity contribution in [2.24, 2.45) is 0 Å². The molecule has 1 unspecified atom stereocenters. The van der Waals surface area contributed by atoms with Crippen LogP contribution >= 0.6 is 46.3 Å². The number of sulfonamides is 1. The fourth-order valence-corrected chi connectivity index (χ4v) is 7.47. The Bertz CT molecular complexity index is 1330. The molecule has 35 heavy (non-hydrogen) atoms. The third-order valence-corrected chi connectivity index (χ3v) is 9.93. The molecule has 0 radical (unpaired) electrons. The van der Waals surface area contributed by atoms with Crippen molar-refractivity contribution >= 4 is 62.0 Å². The van der Waals surface area contributed by atoms with Gasteiger partial charge in [-0.2, -0.15) is 13.2 Å². The highest BCUT2D eigenvalue weighted by Crippen LogP contribution is 2.40. The summed E-state index contributed by atoms with van der Waals surface area (Å²) in [5.41, 5.74) is -0.974. The first-order chi connectivity index (χ1) is 16.4. The molecule has 0 amide bonds. The zero-order valence-corrected chi connectivity index (χ0v) is 22.1. The lowest BCUT2D eigenvalue weighted by molar-refractivity contribution is -0.139. The molecule has 1 saturated heterocycles. The maximum absolute atomic E-state index is 13.5. The molecule has 1 aliphatic rings. The summed E-state index contributed by atoms with van der Waals surface area (Å²) in [5.74, 6) is -0.403. The van der Waals surface area contributed by atoms with Gasteiger partial charge in [0.1, 0.15) is 16.1 Å². The largest absolute Gasteiger partial charge is 0.488 e. The third-order valence-electron chi connectivity index (χ3n) is 5.11. The molecule has 0 saturated carbocycles. The summed E-state index contributed by atoms with van der Waals surface area (Å²) in [5, 5.41) is 0.793. The van der Waals surface area contributed by atoms with E-state index >= 15 is 0 Å². The van der Waals surface area contributed by atoms with Gasteiger partial charge in [0.2, 0.25) is 0 Å². The number of likely N-dealkylation sites (N-methyl/N-ethyl adjacent to an activating group) is 1.